The Morgan fingerprint density at radius 2 is 2.29 bits per heavy atom. The second-order valence-electron chi connectivity index (χ2n) is 4.76. The van der Waals surface area contributed by atoms with Gasteiger partial charge in [-0.3, -0.25) is 9.59 Å². The van der Waals surface area contributed by atoms with Gasteiger partial charge < -0.3 is 15.4 Å². The normalized spacial score (nSPS) is 14.6. The lowest BCUT2D eigenvalue weighted by Gasteiger charge is -2.19. The van der Waals surface area contributed by atoms with E-state index in [1.54, 1.807) is 29.5 Å². The molecule has 0 spiro atoms. The van der Waals surface area contributed by atoms with Crippen molar-refractivity contribution in [3.05, 3.63) is 46.2 Å². The maximum atomic E-state index is 12.3. The zero-order chi connectivity index (χ0) is 14.8. The molecule has 2 amide bonds. The van der Waals surface area contributed by atoms with Crippen LogP contribution >= 0.6 is 11.3 Å². The lowest BCUT2D eigenvalue weighted by Crippen LogP contribution is -2.28. The van der Waals surface area contributed by atoms with E-state index in [9.17, 15) is 9.59 Å². The van der Waals surface area contributed by atoms with Gasteiger partial charge in [-0.1, -0.05) is 6.07 Å². The summed E-state index contributed by atoms with van der Waals surface area (Å²) < 4.78 is 5.27. The summed E-state index contributed by atoms with van der Waals surface area (Å²) in [5.41, 5.74) is 1.02. The maximum Gasteiger partial charge on any atom is 0.262 e. The summed E-state index contributed by atoms with van der Waals surface area (Å²) in [4.78, 5) is 24.7. The Morgan fingerprint density at radius 3 is 3.05 bits per heavy atom. The van der Waals surface area contributed by atoms with Gasteiger partial charge in [-0.15, -0.1) is 11.3 Å². The first-order chi connectivity index (χ1) is 10.1. The number of nitrogens with one attached hydrogen (secondary N) is 2. The average Bonchev–Trinajstić information content (AvgIpc) is 3.00. The molecule has 2 aromatic rings. The van der Waals surface area contributed by atoms with Crippen molar-refractivity contribution >= 4 is 28.8 Å². The van der Waals surface area contributed by atoms with Gasteiger partial charge in [-0.2, -0.15) is 0 Å². The molecule has 1 atom stereocenters. The van der Waals surface area contributed by atoms with Crippen molar-refractivity contribution in [2.75, 3.05) is 11.9 Å². The van der Waals surface area contributed by atoms with E-state index in [2.05, 4.69) is 10.6 Å². The van der Waals surface area contributed by atoms with Crippen molar-refractivity contribution < 1.29 is 14.3 Å². The number of thiophene rings is 1. The molecule has 21 heavy (non-hydrogen) atoms. The largest absolute Gasteiger partial charge is 0.482 e. The Morgan fingerprint density at radius 1 is 1.43 bits per heavy atom. The molecule has 5 nitrogen and oxygen atoms in total. The van der Waals surface area contributed by atoms with Gasteiger partial charge in [0, 0.05) is 10.4 Å². The van der Waals surface area contributed by atoms with Crippen molar-refractivity contribution in [2.45, 2.75) is 13.0 Å². The molecule has 3 rings (SSSR count). The minimum Gasteiger partial charge on any atom is -0.482 e. The molecule has 108 valence electrons. The van der Waals surface area contributed by atoms with Crippen LogP contribution in [0.1, 0.15) is 28.2 Å². The Hall–Kier alpha value is -2.34. The molecular formula is C15H14N2O3S. The van der Waals surface area contributed by atoms with E-state index in [1.807, 2.05) is 24.4 Å². The van der Waals surface area contributed by atoms with Gasteiger partial charge in [0.1, 0.15) is 5.75 Å². The van der Waals surface area contributed by atoms with Crippen molar-refractivity contribution in [1.29, 1.82) is 0 Å². The summed E-state index contributed by atoms with van der Waals surface area (Å²) in [5.74, 6) is 0.183. The van der Waals surface area contributed by atoms with Gasteiger partial charge in [0.05, 0.1) is 11.7 Å². The van der Waals surface area contributed by atoms with E-state index in [4.69, 9.17) is 4.74 Å². The van der Waals surface area contributed by atoms with Crippen LogP contribution in [-0.4, -0.2) is 18.4 Å². The second-order valence-corrected chi connectivity index (χ2v) is 5.74. The van der Waals surface area contributed by atoms with E-state index in [0.717, 1.165) is 4.88 Å². The Bertz CT molecular complexity index is 682. The Kier molecular flexibility index (Phi) is 3.62. The van der Waals surface area contributed by atoms with Crippen LogP contribution in [0.4, 0.5) is 5.69 Å². The number of anilines is 1. The van der Waals surface area contributed by atoms with E-state index in [0.29, 0.717) is 17.0 Å². The topological polar surface area (TPSA) is 67.4 Å². The SMILES string of the molecule is C[C@H](NC(=O)c1ccc2c(c1)NC(=O)CO2)c1cccs1. The summed E-state index contributed by atoms with van der Waals surface area (Å²) in [7, 11) is 0. The highest BCUT2D eigenvalue weighted by Gasteiger charge is 2.18. The van der Waals surface area contributed by atoms with Crippen molar-refractivity contribution in [1.82, 2.24) is 5.32 Å². The summed E-state index contributed by atoms with van der Waals surface area (Å²) in [6, 6.07) is 8.89. The van der Waals surface area contributed by atoms with Crippen molar-refractivity contribution in [2.24, 2.45) is 0 Å². The molecule has 1 aromatic heterocycles. The molecule has 0 fully saturated rings. The third-order valence-electron chi connectivity index (χ3n) is 3.19. The molecule has 0 saturated carbocycles. The first-order valence-electron chi connectivity index (χ1n) is 6.54. The first kappa shape index (κ1) is 13.6. The van der Waals surface area contributed by atoms with Gasteiger partial charge in [0.25, 0.3) is 11.8 Å². The molecule has 2 heterocycles. The quantitative estimate of drug-likeness (QED) is 0.915. The highest BCUT2D eigenvalue weighted by molar-refractivity contribution is 7.10. The zero-order valence-corrected chi connectivity index (χ0v) is 12.2. The Balaban J connectivity index is 1.76. The summed E-state index contributed by atoms with van der Waals surface area (Å²) in [5, 5.41) is 7.60. The van der Waals surface area contributed by atoms with Crippen LogP contribution in [0.25, 0.3) is 0 Å². The van der Waals surface area contributed by atoms with Gasteiger partial charge in [0.15, 0.2) is 6.61 Å². The fourth-order valence-electron chi connectivity index (χ4n) is 2.11. The van der Waals surface area contributed by atoms with Crippen LogP contribution in [0.2, 0.25) is 0 Å². The number of hydrogen-bond donors (Lipinski definition) is 2. The Labute approximate surface area is 125 Å². The highest BCUT2D eigenvalue weighted by Crippen LogP contribution is 2.28. The predicted octanol–water partition coefficient (Wildman–Crippen LogP) is 2.57. The zero-order valence-electron chi connectivity index (χ0n) is 11.4. The number of benzene rings is 1. The molecular weight excluding hydrogens is 288 g/mol. The van der Waals surface area contributed by atoms with Gasteiger partial charge in [-0.25, -0.2) is 0 Å². The molecule has 0 saturated heterocycles. The van der Waals surface area contributed by atoms with E-state index in [-0.39, 0.29) is 24.5 Å². The average molecular weight is 302 g/mol. The number of amides is 2. The van der Waals surface area contributed by atoms with E-state index in [1.165, 1.54) is 0 Å². The predicted molar refractivity (Wildman–Crippen MR) is 80.8 cm³/mol. The fourth-order valence-corrected chi connectivity index (χ4v) is 2.85. The van der Waals surface area contributed by atoms with Crippen LogP contribution in [0.5, 0.6) is 5.75 Å². The summed E-state index contributed by atoms with van der Waals surface area (Å²) in [6.07, 6.45) is 0. The van der Waals surface area contributed by atoms with Gasteiger partial charge in [0.2, 0.25) is 0 Å². The molecule has 6 heteroatoms. The summed E-state index contributed by atoms with van der Waals surface area (Å²) >= 11 is 1.60. The number of hydrogen-bond acceptors (Lipinski definition) is 4. The number of carbonyl (C=O) groups is 2. The van der Waals surface area contributed by atoms with Crippen LogP contribution in [0.3, 0.4) is 0 Å². The molecule has 1 aliphatic heterocycles. The number of fused-ring (bicyclic) bond motifs is 1. The van der Waals surface area contributed by atoms with Crippen LogP contribution in [0, 0.1) is 0 Å². The van der Waals surface area contributed by atoms with Gasteiger partial charge >= 0.3 is 0 Å². The lowest BCUT2D eigenvalue weighted by molar-refractivity contribution is -0.118. The molecule has 0 unspecified atom stereocenters. The van der Waals surface area contributed by atoms with Crippen molar-refractivity contribution in [3.8, 4) is 5.75 Å². The summed E-state index contributed by atoms with van der Waals surface area (Å²) in [6.45, 7) is 1.95. The molecule has 0 bridgehead atoms. The maximum absolute atomic E-state index is 12.3. The van der Waals surface area contributed by atoms with E-state index < -0.39 is 0 Å². The van der Waals surface area contributed by atoms with Gasteiger partial charge in [-0.05, 0) is 36.6 Å². The van der Waals surface area contributed by atoms with Crippen LogP contribution in [-0.2, 0) is 4.79 Å². The van der Waals surface area contributed by atoms with E-state index >= 15 is 0 Å². The molecule has 0 radical (unpaired) electrons. The number of carbonyl (C=O) groups excluding carboxylic acids is 2. The third-order valence-corrected chi connectivity index (χ3v) is 4.25. The molecule has 1 aromatic carbocycles. The minimum absolute atomic E-state index is 0.00789. The minimum atomic E-state index is -0.216. The number of ether oxygens (including phenoxy) is 1. The smallest absolute Gasteiger partial charge is 0.262 e. The molecule has 1 aliphatic rings. The molecule has 0 aliphatic carbocycles. The lowest BCUT2D eigenvalue weighted by atomic mass is 10.1. The van der Waals surface area contributed by atoms with Crippen molar-refractivity contribution in [3.63, 3.8) is 0 Å². The van der Waals surface area contributed by atoms with Crippen LogP contribution < -0.4 is 15.4 Å². The first-order valence-corrected chi connectivity index (χ1v) is 7.42. The standard InChI is InChI=1S/C15H14N2O3S/c1-9(13-3-2-6-21-13)16-15(19)10-4-5-12-11(7-10)17-14(18)8-20-12/h2-7,9H,8H2,1H3,(H,16,19)(H,17,18)/t9-/m0/s1. The monoisotopic (exact) mass is 302 g/mol. The van der Waals surface area contributed by atoms with Crippen LogP contribution in [0.15, 0.2) is 35.7 Å². The molecule has 2 N–H and O–H groups in total. The highest BCUT2D eigenvalue weighted by atomic mass is 32.1. The number of rotatable bonds is 3. The second kappa shape index (κ2) is 5.57. The third kappa shape index (κ3) is 2.90. The fraction of sp³-hybridized carbons (Fsp3) is 0.200.